The van der Waals surface area contributed by atoms with E-state index in [1.807, 2.05) is 25.1 Å². The third-order valence-electron chi connectivity index (χ3n) is 1.92. The Morgan fingerprint density at radius 1 is 1.21 bits per heavy atom. The van der Waals surface area contributed by atoms with Gasteiger partial charge < -0.3 is 5.11 Å². The molecule has 1 aromatic heterocycles. The van der Waals surface area contributed by atoms with Crippen LogP contribution in [0, 0.1) is 6.92 Å². The van der Waals surface area contributed by atoms with Crippen LogP contribution in [0.25, 0.3) is 10.9 Å². The summed E-state index contributed by atoms with van der Waals surface area (Å²) in [4.78, 5) is 4.34. The van der Waals surface area contributed by atoms with Crippen molar-refractivity contribution < 1.29 is 5.11 Å². The second kappa shape index (κ2) is 4.28. The number of nitrogens with zero attached hydrogens (tertiary/aromatic N) is 1. The van der Waals surface area contributed by atoms with Crippen LogP contribution in [0.4, 0.5) is 0 Å². The van der Waals surface area contributed by atoms with Gasteiger partial charge in [-0.15, -0.1) is 17.0 Å². The van der Waals surface area contributed by atoms with Crippen LogP contribution < -0.4 is 0 Å². The minimum atomic E-state index is 0. The van der Waals surface area contributed by atoms with Gasteiger partial charge in [-0.1, -0.05) is 0 Å². The van der Waals surface area contributed by atoms with Crippen molar-refractivity contribution in [3.8, 4) is 5.75 Å². The fraction of sp³-hybridized carbons (Fsp3) is 0.100. The van der Waals surface area contributed by atoms with Crippen molar-refractivity contribution in [2.45, 2.75) is 6.92 Å². The molecule has 0 saturated carbocycles. The van der Waals surface area contributed by atoms with E-state index in [2.05, 4.69) is 20.9 Å². The lowest BCUT2D eigenvalue weighted by Gasteiger charge is -2.02. The topological polar surface area (TPSA) is 33.1 Å². The Bertz CT molecular complexity index is 471. The molecule has 0 fully saturated rings. The number of rotatable bonds is 0. The van der Waals surface area contributed by atoms with Gasteiger partial charge in [0.05, 0.1) is 9.99 Å². The van der Waals surface area contributed by atoms with Crippen molar-refractivity contribution in [2.24, 2.45) is 0 Å². The minimum absolute atomic E-state index is 0. The Kier molecular flexibility index (Phi) is 3.50. The van der Waals surface area contributed by atoms with Gasteiger partial charge in [0.15, 0.2) is 0 Å². The normalized spacial score (nSPS) is 9.86. The lowest BCUT2D eigenvalue weighted by molar-refractivity contribution is 0.473. The van der Waals surface area contributed by atoms with E-state index in [9.17, 15) is 5.11 Å². The molecule has 0 aliphatic rings. The largest absolute Gasteiger partial charge is 0.507 e. The van der Waals surface area contributed by atoms with E-state index < -0.39 is 0 Å². The molecule has 2 rings (SSSR count). The van der Waals surface area contributed by atoms with Crippen LogP contribution >= 0.6 is 32.9 Å². The average molecular weight is 319 g/mol. The molecule has 0 bridgehead atoms. The average Bonchev–Trinajstić information content (AvgIpc) is 2.12. The van der Waals surface area contributed by atoms with Crippen LogP contribution in [0.1, 0.15) is 5.69 Å². The number of phenols is 1. The van der Waals surface area contributed by atoms with Crippen molar-refractivity contribution in [1.82, 2.24) is 4.98 Å². The van der Waals surface area contributed by atoms with Crippen LogP contribution in [-0.2, 0) is 0 Å². The van der Waals surface area contributed by atoms with Gasteiger partial charge in [0.1, 0.15) is 5.75 Å². The second-order valence-electron chi connectivity index (χ2n) is 2.92. The van der Waals surface area contributed by atoms with Crippen LogP contribution in [0.2, 0.25) is 0 Å². The van der Waals surface area contributed by atoms with Crippen LogP contribution in [0.15, 0.2) is 28.7 Å². The number of halogens is 2. The first-order valence-corrected chi connectivity index (χ1v) is 4.72. The number of hydrogen-bond acceptors (Lipinski definition) is 2. The molecule has 0 radical (unpaired) electrons. The monoisotopic (exact) mass is 317 g/mol. The highest BCUT2D eigenvalue weighted by atomic mass is 79.9. The summed E-state index contributed by atoms with van der Waals surface area (Å²) in [6, 6.07) is 7.31. The summed E-state index contributed by atoms with van der Waals surface area (Å²) in [5.41, 5.74) is 1.87. The summed E-state index contributed by atoms with van der Waals surface area (Å²) in [6.45, 7) is 1.94. The fourth-order valence-electron chi connectivity index (χ4n) is 1.26. The van der Waals surface area contributed by atoms with E-state index in [0.717, 1.165) is 16.6 Å². The van der Waals surface area contributed by atoms with E-state index in [1.54, 1.807) is 6.07 Å². The Hall–Kier alpha value is -0.610. The molecule has 0 spiro atoms. The highest BCUT2D eigenvalue weighted by Crippen LogP contribution is 2.31. The Labute approximate surface area is 101 Å². The number of benzene rings is 1. The van der Waals surface area contributed by atoms with Gasteiger partial charge in [0, 0.05) is 11.1 Å². The first-order valence-electron chi connectivity index (χ1n) is 3.93. The molecule has 0 saturated heterocycles. The highest BCUT2D eigenvalue weighted by molar-refractivity contribution is 9.10. The fourth-order valence-corrected chi connectivity index (χ4v) is 1.73. The molecule has 14 heavy (non-hydrogen) atoms. The molecule has 0 aliphatic carbocycles. The van der Waals surface area contributed by atoms with E-state index in [-0.39, 0.29) is 22.7 Å². The summed E-state index contributed by atoms with van der Waals surface area (Å²) in [7, 11) is 0. The van der Waals surface area contributed by atoms with E-state index >= 15 is 0 Å². The van der Waals surface area contributed by atoms with Gasteiger partial charge in [0.2, 0.25) is 0 Å². The quantitative estimate of drug-likeness (QED) is 0.805. The number of aromatic hydroxyl groups is 1. The van der Waals surface area contributed by atoms with E-state index in [1.165, 1.54) is 0 Å². The van der Waals surface area contributed by atoms with Gasteiger partial charge in [-0.2, -0.15) is 0 Å². The van der Waals surface area contributed by atoms with Crippen molar-refractivity contribution in [1.29, 1.82) is 0 Å². The maximum absolute atomic E-state index is 9.41. The maximum atomic E-state index is 9.41. The number of fused-ring (bicyclic) bond motifs is 1. The third kappa shape index (κ3) is 1.91. The first-order chi connectivity index (χ1) is 6.18. The molecule has 0 amide bonds. The van der Waals surface area contributed by atoms with Crippen LogP contribution in [0.3, 0.4) is 0 Å². The number of aromatic nitrogens is 1. The molecule has 0 aliphatic heterocycles. The molecule has 0 atom stereocenters. The molecular weight excluding hydrogens is 310 g/mol. The molecule has 1 aromatic carbocycles. The maximum Gasteiger partial charge on any atom is 0.130 e. The number of pyridine rings is 1. The van der Waals surface area contributed by atoms with E-state index in [0.29, 0.717) is 4.47 Å². The smallest absolute Gasteiger partial charge is 0.130 e. The second-order valence-corrected chi connectivity index (χ2v) is 3.71. The summed E-state index contributed by atoms with van der Waals surface area (Å²) in [5.74, 6) is 0.248. The predicted octanol–water partition coefficient (Wildman–Crippen LogP) is 3.59. The lowest BCUT2D eigenvalue weighted by atomic mass is 10.2. The van der Waals surface area contributed by atoms with Gasteiger partial charge >= 0.3 is 0 Å². The van der Waals surface area contributed by atoms with Crippen molar-refractivity contribution in [3.63, 3.8) is 0 Å². The standard InChI is InChI=1S/C10H8BrNO.BrH/c1-6-2-3-7-8(12-6)4-5-9(13)10(7)11;/h2-5,13H,1H3;1H. The Morgan fingerprint density at radius 3 is 2.64 bits per heavy atom. The molecule has 4 heteroatoms. The van der Waals surface area contributed by atoms with Gasteiger partial charge in [-0.05, 0) is 47.1 Å². The molecule has 74 valence electrons. The summed E-state index contributed by atoms with van der Waals surface area (Å²) in [5, 5.41) is 10.3. The Morgan fingerprint density at radius 2 is 1.93 bits per heavy atom. The van der Waals surface area contributed by atoms with Crippen LogP contribution in [0.5, 0.6) is 5.75 Å². The summed E-state index contributed by atoms with van der Waals surface area (Å²) >= 11 is 3.32. The highest BCUT2D eigenvalue weighted by Gasteiger charge is 2.03. The zero-order chi connectivity index (χ0) is 9.42. The SMILES string of the molecule is Br.Cc1ccc2c(Br)c(O)ccc2n1. The first kappa shape index (κ1) is 11.5. The summed E-state index contributed by atoms with van der Waals surface area (Å²) < 4.78 is 0.706. The molecular formula is C10H9Br2NO. The number of aryl methyl sites for hydroxylation is 1. The Balaban J connectivity index is 0.000000980. The van der Waals surface area contributed by atoms with Crippen molar-refractivity contribution in [2.75, 3.05) is 0 Å². The third-order valence-corrected chi connectivity index (χ3v) is 2.76. The van der Waals surface area contributed by atoms with Gasteiger partial charge in [-0.3, -0.25) is 4.98 Å². The zero-order valence-electron chi connectivity index (χ0n) is 7.49. The van der Waals surface area contributed by atoms with Crippen molar-refractivity contribution >= 4 is 43.8 Å². The van der Waals surface area contributed by atoms with Crippen LogP contribution in [-0.4, -0.2) is 10.1 Å². The number of phenolic OH excluding ortho intramolecular Hbond substituents is 1. The molecule has 2 nitrogen and oxygen atoms in total. The lowest BCUT2D eigenvalue weighted by Crippen LogP contribution is -1.83. The molecule has 2 aromatic rings. The molecule has 1 heterocycles. The van der Waals surface area contributed by atoms with Gasteiger partial charge in [0.25, 0.3) is 0 Å². The van der Waals surface area contributed by atoms with Gasteiger partial charge in [-0.25, -0.2) is 0 Å². The predicted molar refractivity (Wildman–Crippen MR) is 66.2 cm³/mol. The van der Waals surface area contributed by atoms with E-state index in [4.69, 9.17) is 0 Å². The summed E-state index contributed by atoms with van der Waals surface area (Å²) in [6.07, 6.45) is 0. The van der Waals surface area contributed by atoms with Crippen molar-refractivity contribution in [3.05, 3.63) is 34.4 Å². The molecule has 0 unspecified atom stereocenters. The minimum Gasteiger partial charge on any atom is -0.507 e. The zero-order valence-corrected chi connectivity index (χ0v) is 10.8. The molecule has 1 N–H and O–H groups in total. The number of hydrogen-bond donors (Lipinski definition) is 1.